The molecule has 2 rings (SSSR count). The Hall–Kier alpha value is -1.01. The van der Waals surface area contributed by atoms with Crippen LogP contribution in [0.15, 0.2) is 24.3 Å². The van der Waals surface area contributed by atoms with E-state index >= 15 is 0 Å². The van der Waals surface area contributed by atoms with Gasteiger partial charge in [0.15, 0.2) is 9.84 Å². The second-order valence-electron chi connectivity index (χ2n) is 5.54. The summed E-state index contributed by atoms with van der Waals surface area (Å²) in [4.78, 5) is 13.7. The van der Waals surface area contributed by atoms with Crippen molar-refractivity contribution < 1.29 is 13.2 Å². The SMILES string of the molecule is Cc1cccc(CSCC(=O)N(C)C2CCS(=O)(=O)C2)c1. The Morgan fingerprint density at radius 3 is 2.81 bits per heavy atom. The first kappa shape index (κ1) is 16.4. The second kappa shape index (κ2) is 6.83. The van der Waals surface area contributed by atoms with Crippen LogP contribution in [0.3, 0.4) is 0 Å². The van der Waals surface area contributed by atoms with E-state index in [-0.39, 0.29) is 23.5 Å². The maximum Gasteiger partial charge on any atom is 0.232 e. The van der Waals surface area contributed by atoms with Crippen LogP contribution >= 0.6 is 11.8 Å². The highest BCUT2D eigenvalue weighted by Gasteiger charge is 2.32. The van der Waals surface area contributed by atoms with Gasteiger partial charge >= 0.3 is 0 Å². The van der Waals surface area contributed by atoms with E-state index < -0.39 is 9.84 Å². The first-order valence-corrected chi connectivity index (χ1v) is 9.94. The molecule has 0 radical (unpaired) electrons. The van der Waals surface area contributed by atoms with Crippen LogP contribution in [-0.2, 0) is 20.4 Å². The number of rotatable bonds is 5. The Morgan fingerprint density at radius 1 is 1.43 bits per heavy atom. The van der Waals surface area contributed by atoms with Crippen LogP contribution in [0.25, 0.3) is 0 Å². The van der Waals surface area contributed by atoms with Gasteiger partial charge in [0.05, 0.1) is 17.3 Å². The van der Waals surface area contributed by atoms with Crippen molar-refractivity contribution >= 4 is 27.5 Å². The zero-order valence-corrected chi connectivity index (χ0v) is 14.0. The van der Waals surface area contributed by atoms with Crippen LogP contribution in [0.1, 0.15) is 17.5 Å². The van der Waals surface area contributed by atoms with Crippen molar-refractivity contribution in [2.45, 2.75) is 25.1 Å². The number of aryl methyl sites for hydroxylation is 1. The summed E-state index contributed by atoms with van der Waals surface area (Å²) in [5, 5.41) is 0. The lowest BCUT2D eigenvalue weighted by molar-refractivity contribution is -0.128. The largest absolute Gasteiger partial charge is 0.341 e. The van der Waals surface area contributed by atoms with Gasteiger partial charge in [0.1, 0.15) is 0 Å². The van der Waals surface area contributed by atoms with E-state index in [1.165, 1.54) is 11.1 Å². The van der Waals surface area contributed by atoms with Crippen molar-refractivity contribution in [3.8, 4) is 0 Å². The van der Waals surface area contributed by atoms with Crippen LogP contribution in [-0.4, -0.2) is 49.6 Å². The monoisotopic (exact) mass is 327 g/mol. The summed E-state index contributed by atoms with van der Waals surface area (Å²) in [6, 6.07) is 8.08. The van der Waals surface area contributed by atoms with E-state index in [2.05, 4.69) is 12.1 Å². The number of carbonyl (C=O) groups excluding carboxylic acids is 1. The molecule has 1 amide bonds. The van der Waals surface area contributed by atoms with Crippen molar-refractivity contribution in [1.29, 1.82) is 0 Å². The highest BCUT2D eigenvalue weighted by molar-refractivity contribution is 7.99. The first-order chi connectivity index (χ1) is 9.87. The van der Waals surface area contributed by atoms with Gasteiger partial charge in [-0.2, -0.15) is 0 Å². The average molecular weight is 327 g/mol. The number of amides is 1. The molecular formula is C15H21NO3S2. The number of sulfone groups is 1. The van der Waals surface area contributed by atoms with Crippen molar-refractivity contribution in [3.05, 3.63) is 35.4 Å². The highest BCUT2D eigenvalue weighted by Crippen LogP contribution is 2.19. The molecule has 1 aliphatic rings. The standard InChI is InChI=1S/C15H21NO3S2/c1-12-4-3-5-13(8-12)9-20-10-15(17)16(2)14-6-7-21(18,19)11-14/h3-5,8,14H,6-7,9-11H2,1-2H3. The predicted molar refractivity (Wildman–Crippen MR) is 87.2 cm³/mol. The molecule has 0 spiro atoms. The molecule has 1 aromatic carbocycles. The zero-order valence-electron chi connectivity index (χ0n) is 12.4. The fourth-order valence-corrected chi connectivity index (χ4v) is 5.11. The number of hydrogen-bond acceptors (Lipinski definition) is 4. The van der Waals surface area contributed by atoms with E-state index in [0.717, 1.165) is 5.75 Å². The Morgan fingerprint density at radius 2 is 2.19 bits per heavy atom. The van der Waals surface area contributed by atoms with Gasteiger partial charge in [0, 0.05) is 18.8 Å². The number of carbonyl (C=O) groups is 1. The minimum Gasteiger partial charge on any atom is -0.341 e. The van der Waals surface area contributed by atoms with Gasteiger partial charge in [0.2, 0.25) is 5.91 Å². The summed E-state index contributed by atoms with van der Waals surface area (Å²) in [7, 11) is -1.23. The van der Waals surface area contributed by atoms with Crippen LogP contribution in [0.5, 0.6) is 0 Å². The summed E-state index contributed by atoms with van der Waals surface area (Å²) >= 11 is 1.57. The second-order valence-corrected chi connectivity index (χ2v) is 8.76. The van der Waals surface area contributed by atoms with Gasteiger partial charge in [-0.05, 0) is 18.9 Å². The van der Waals surface area contributed by atoms with Crippen molar-refractivity contribution in [2.75, 3.05) is 24.3 Å². The molecule has 0 bridgehead atoms. The van der Waals surface area contributed by atoms with Gasteiger partial charge < -0.3 is 4.90 Å². The van der Waals surface area contributed by atoms with E-state index in [1.807, 2.05) is 19.1 Å². The molecule has 21 heavy (non-hydrogen) atoms. The molecule has 1 saturated heterocycles. The predicted octanol–water partition coefficient (Wildman–Crippen LogP) is 1.87. The number of nitrogens with zero attached hydrogens (tertiary/aromatic N) is 1. The van der Waals surface area contributed by atoms with Gasteiger partial charge in [0.25, 0.3) is 0 Å². The smallest absolute Gasteiger partial charge is 0.232 e. The molecule has 0 aromatic heterocycles. The zero-order chi connectivity index (χ0) is 15.5. The highest BCUT2D eigenvalue weighted by atomic mass is 32.2. The molecule has 1 aliphatic heterocycles. The third-order valence-electron chi connectivity index (χ3n) is 3.73. The Labute approximate surface area is 130 Å². The van der Waals surface area contributed by atoms with Crippen LogP contribution in [0.4, 0.5) is 0 Å². The molecule has 0 saturated carbocycles. The van der Waals surface area contributed by atoms with Crippen LogP contribution in [0.2, 0.25) is 0 Å². The average Bonchev–Trinajstić information content (AvgIpc) is 2.78. The van der Waals surface area contributed by atoms with Crippen molar-refractivity contribution in [3.63, 3.8) is 0 Å². The number of benzene rings is 1. The third kappa shape index (κ3) is 4.74. The summed E-state index contributed by atoms with van der Waals surface area (Å²) in [6.45, 7) is 2.05. The molecule has 0 aliphatic carbocycles. The molecule has 1 unspecified atom stereocenters. The molecule has 1 atom stereocenters. The van der Waals surface area contributed by atoms with E-state index in [4.69, 9.17) is 0 Å². The molecule has 116 valence electrons. The molecule has 1 aromatic rings. The van der Waals surface area contributed by atoms with Crippen LogP contribution in [0, 0.1) is 6.92 Å². The third-order valence-corrected chi connectivity index (χ3v) is 6.47. The molecular weight excluding hydrogens is 306 g/mol. The fraction of sp³-hybridized carbons (Fsp3) is 0.533. The van der Waals surface area contributed by atoms with E-state index in [0.29, 0.717) is 12.2 Å². The lowest BCUT2D eigenvalue weighted by Crippen LogP contribution is -2.38. The Bertz CT molecular complexity index is 613. The molecule has 0 N–H and O–H groups in total. The lowest BCUT2D eigenvalue weighted by atomic mass is 10.2. The maximum atomic E-state index is 12.1. The maximum absolute atomic E-state index is 12.1. The number of thioether (sulfide) groups is 1. The summed E-state index contributed by atoms with van der Waals surface area (Å²) in [5.74, 6) is 1.50. The quantitative estimate of drug-likeness (QED) is 0.828. The normalized spacial score (nSPS) is 20.4. The molecule has 1 fully saturated rings. The fourth-order valence-electron chi connectivity index (χ4n) is 2.44. The van der Waals surface area contributed by atoms with Gasteiger partial charge in [-0.1, -0.05) is 29.8 Å². The minimum atomic E-state index is -2.94. The Balaban J connectivity index is 1.79. The van der Waals surface area contributed by atoms with Gasteiger partial charge in [-0.3, -0.25) is 4.79 Å². The lowest BCUT2D eigenvalue weighted by Gasteiger charge is -2.23. The summed E-state index contributed by atoms with van der Waals surface area (Å²) in [6.07, 6.45) is 0.563. The molecule has 6 heteroatoms. The molecule has 4 nitrogen and oxygen atoms in total. The van der Waals surface area contributed by atoms with Gasteiger partial charge in [-0.25, -0.2) is 8.42 Å². The van der Waals surface area contributed by atoms with Gasteiger partial charge in [-0.15, -0.1) is 11.8 Å². The Kier molecular flexibility index (Phi) is 5.32. The van der Waals surface area contributed by atoms with E-state index in [9.17, 15) is 13.2 Å². The van der Waals surface area contributed by atoms with E-state index in [1.54, 1.807) is 23.7 Å². The molecule has 1 heterocycles. The van der Waals surface area contributed by atoms with Crippen LogP contribution < -0.4 is 0 Å². The first-order valence-electron chi connectivity index (χ1n) is 6.97. The number of hydrogen-bond donors (Lipinski definition) is 0. The summed E-state index contributed by atoms with van der Waals surface area (Å²) in [5.41, 5.74) is 2.42. The van der Waals surface area contributed by atoms with Crippen molar-refractivity contribution in [1.82, 2.24) is 4.90 Å². The topological polar surface area (TPSA) is 54.5 Å². The minimum absolute atomic E-state index is 0.00903. The summed E-state index contributed by atoms with van der Waals surface area (Å²) < 4.78 is 22.9. The van der Waals surface area contributed by atoms with Crippen molar-refractivity contribution in [2.24, 2.45) is 0 Å².